The molecule has 5 heteroatoms. The normalized spacial score (nSPS) is 13.0. The summed E-state index contributed by atoms with van der Waals surface area (Å²) in [6.45, 7) is 11.5. The van der Waals surface area contributed by atoms with Crippen LogP contribution in [-0.2, 0) is 6.54 Å². The molecule has 0 fully saturated rings. The number of carbonyl (C=O) groups excluding carboxylic acids is 1. The lowest BCUT2D eigenvalue weighted by atomic mass is 10.1. The fraction of sp³-hybridized carbons (Fsp3) is 0.750. The van der Waals surface area contributed by atoms with Gasteiger partial charge >= 0.3 is 0 Å². The Kier molecular flexibility index (Phi) is 6.89. The van der Waals surface area contributed by atoms with Gasteiger partial charge < -0.3 is 10.4 Å². The van der Waals surface area contributed by atoms with E-state index in [-0.39, 0.29) is 12.5 Å². The molecule has 0 aliphatic carbocycles. The Bertz CT molecular complexity index is 452. The van der Waals surface area contributed by atoms with Gasteiger partial charge in [0.15, 0.2) is 0 Å². The van der Waals surface area contributed by atoms with Gasteiger partial charge in [0, 0.05) is 18.8 Å². The molecule has 0 aliphatic heterocycles. The van der Waals surface area contributed by atoms with Crippen LogP contribution in [-0.4, -0.2) is 33.4 Å². The molecular weight excluding hydrogens is 266 g/mol. The molecule has 1 amide bonds. The van der Waals surface area contributed by atoms with Crippen LogP contribution in [0.25, 0.3) is 0 Å². The van der Waals surface area contributed by atoms with Gasteiger partial charge in [-0.2, -0.15) is 5.10 Å². The third-order valence-corrected chi connectivity index (χ3v) is 3.51. The van der Waals surface area contributed by atoms with E-state index < -0.39 is 6.10 Å². The minimum atomic E-state index is -0.495. The Labute approximate surface area is 127 Å². The lowest BCUT2D eigenvalue weighted by molar-refractivity contribution is 0.0899. The summed E-state index contributed by atoms with van der Waals surface area (Å²) >= 11 is 0. The number of aliphatic hydroxyl groups excluding tert-OH is 1. The van der Waals surface area contributed by atoms with Gasteiger partial charge in [-0.25, -0.2) is 0 Å². The number of hydrogen-bond acceptors (Lipinski definition) is 3. The quantitative estimate of drug-likeness (QED) is 0.773. The maximum Gasteiger partial charge on any atom is 0.254 e. The number of carbonyl (C=O) groups is 1. The monoisotopic (exact) mass is 295 g/mol. The van der Waals surface area contributed by atoms with E-state index in [2.05, 4.69) is 24.3 Å². The lowest BCUT2D eigenvalue weighted by Crippen LogP contribution is -2.33. The smallest absolute Gasteiger partial charge is 0.254 e. The van der Waals surface area contributed by atoms with Gasteiger partial charge in [0.25, 0.3) is 5.91 Å². The van der Waals surface area contributed by atoms with Crippen molar-refractivity contribution in [3.63, 3.8) is 0 Å². The highest BCUT2D eigenvalue weighted by Gasteiger charge is 2.15. The van der Waals surface area contributed by atoms with Crippen LogP contribution in [0.15, 0.2) is 6.20 Å². The fourth-order valence-electron chi connectivity index (χ4n) is 2.21. The molecule has 2 N–H and O–H groups in total. The zero-order chi connectivity index (χ0) is 16.0. The van der Waals surface area contributed by atoms with E-state index >= 15 is 0 Å². The van der Waals surface area contributed by atoms with Crippen LogP contribution in [0.5, 0.6) is 0 Å². The van der Waals surface area contributed by atoms with Gasteiger partial charge in [0.05, 0.1) is 17.9 Å². The Morgan fingerprint density at radius 2 is 2.00 bits per heavy atom. The van der Waals surface area contributed by atoms with E-state index in [9.17, 15) is 9.90 Å². The molecule has 1 atom stereocenters. The molecular formula is C16H29N3O2. The van der Waals surface area contributed by atoms with Gasteiger partial charge in [-0.3, -0.25) is 9.48 Å². The summed E-state index contributed by atoms with van der Waals surface area (Å²) in [5, 5.41) is 16.9. The zero-order valence-corrected chi connectivity index (χ0v) is 13.9. The topological polar surface area (TPSA) is 67.2 Å². The van der Waals surface area contributed by atoms with Gasteiger partial charge in [0.1, 0.15) is 0 Å². The number of aryl methyl sites for hydroxylation is 1. The van der Waals surface area contributed by atoms with Crippen LogP contribution >= 0.6 is 0 Å². The Morgan fingerprint density at radius 1 is 1.33 bits per heavy atom. The van der Waals surface area contributed by atoms with Gasteiger partial charge in [-0.05, 0) is 31.6 Å². The van der Waals surface area contributed by atoms with Crippen molar-refractivity contribution in [2.24, 2.45) is 11.8 Å². The number of nitrogens with one attached hydrogen (secondary N) is 1. The highest BCUT2D eigenvalue weighted by Crippen LogP contribution is 2.10. The summed E-state index contributed by atoms with van der Waals surface area (Å²) in [7, 11) is 0. The average molecular weight is 295 g/mol. The minimum Gasteiger partial charge on any atom is -0.391 e. The van der Waals surface area contributed by atoms with Crippen LogP contribution in [0, 0.1) is 18.8 Å². The summed E-state index contributed by atoms with van der Waals surface area (Å²) in [5.74, 6) is 0.862. The van der Waals surface area contributed by atoms with Crippen molar-refractivity contribution in [3.8, 4) is 0 Å². The number of amides is 1. The predicted octanol–water partition coefficient (Wildman–Crippen LogP) is 2.37. The van der Waals surface area contributed by atoms with E-state index in [1.807, 2.05) is 25.5 Å². The molecule has 21 heavy (non-hydrogen) atoms. The van der Waals surface area contributed by atoms with Crippen LogP contribution in [0.2, 0.25) is 0 Å². The molecule has 0 aromatic carbocycles. The Balaban J connectivity index is 2.55. The maximum absolute atomic E-state index is 12.1. The molecule has 1 rings (SSSR count). The highest BCUT2D eigenvalue weighted by molar-refractivity contribution is 5.95. The zero-order valence-electron chi connectivity index (χ0n) is 13.9. The highest BCUT2D eigenvalue weighted by atomic mass is 16.3. The first-order valence-electron chi connectivity index (χ1n) is 7.79. The Hall–Kier alpha value is -1.36. The van der Waals surface area contributed by atoms with Crippen molar-refractivity contribution in [3.05, 3.63) is 17.5 Å². The second kappa shape index (κ2) is 8.17. The molecule has 1 aromatic rings. The molecule has 1 aromatic heterocycles. The number of rotatable bonds is 8. The maximum atomic E-state index is 12.1. The summed E-state index contributed by atoms with van der Waals surface area (Å²) in [6.07, 6.45) is 2.84. The van der Waals surface area contributed by atoms with Crippen molar-refractivity contribution in [1.29, 1.82) is 0 Å². The number of aromatic nitrogens is 2. The van der Waals surface area contributed by atoms with Crippen LogP contribution in [0.3, 0.4) is 0 Å². The lowest BCUT2D eigenvalue weighted by Gasteiger charge is -2.13. The third kappa shape index (κ3) is 5.87. The van der Waals surface area contributed by atoms with Crippen molar-refractivity contribution < 1.29 is 9.90 Å². The van der Waals surface area contributed by atoms with Crippen molar-refractivity contribution in [1.82, 2.24) is 15.1 Å². The van der Waals surface area contributed by atoms with Crippen molar-refractivity contribution in [2.75, 3.05) is 6.54 Å². The van der Waals surface area contributed by atoms with E-state index in [0.717, 1.165) is 18.7 Å². The first kappa shape index (κ1) is 17.7. The van der Waals surface area contributed by atoms with Gasteiger partial charge in [-0.1, -0.05) is 27.7 Å². The second-order valence-electron chi connectivity index (χ2n) is 6.54. The molecule has 1 unspecified atom stereocenters. The first-order chi connectivity index (χ1) is 9.81. The van der Waals surface area contributed by atoms with Crippen LogP contribution in [0.4, 0.5) is 0 Å². The summed E-state index contributed by atoms with van der Waals surface area (Å²) in [4.78, 5) is 12.1. The number of nitrogens with zero attached hydrogens (tertiary/aromatic N) is 2. The standard InChI is InChI=1S/C16H29N3O2/c1-11(2)6-7-19-13(5)15(10-18-19)16(21)17-9-14(20)8-12(3)4/h10-12,14,20H,6-9H2,1-5H3,(H,17,21). The molecule has 0 aliphatic rings. The van der Waals surface area contributed by atoms with Crippen molar-refractivity contribution in [2.45, 2.75) is 60.1 Å². The SMILES string of the molecule is Cc1c(C(=O)NCC(O)CC(C)C)cnn1CCC(C)C. The van der Waals surface area contributed by atoms with Crippen molar-refractivity contribution >= 4 is 5.91 Å². The fourth-order valence-corrected chi connectivity index (χ4v) is 2.21. The summed E-state index contributed by atoms with van der Waals surface area (Å²) in [5.41, 5.74) is 1.47. The predicted molar refractivity (Wildman–Crippen MR) is 84.2 cm³/mol. The first-order valence-corrected chi connectivity index (χ1v) is 7.79. The van der Waals surface area contributed by atoms with E-state index in [4.69, 9.17) is 0 Å². The Morgan fingerprint density at radius 3 is 2.57 bits per heavy atom. The van der Waals surface area contributed by atoms with E-state index in [1.54, 1.807) is 6.20 Å². The third-order valence-electron chi connectivity index (χ3n) is 3.51. The second-order valence-corrected chi connectivity index (χ2v) is 6.54. The number of aliphatic hydroxyl groups is 1. The molecule has 5 nitrogen and oxygen atoms in total. The summed E-state index contributed by atoms with van der Waals surface area (Å²) < 4.78 is 1.87. The molecule has 0 bridgehead atoms. The summed E-state index contributed by atoms with van der Waals surface area (Å²) in [6, 6.07) is 0. The van der Waals surface area contributed by atoms with E-state index in [1.165, 1.54) is 0 Å². The van der Waals surface area contributed by atoms with E-state index in [0.29, 0.717) is 23.8 Å². The largest absolute Gasteiger partial charge is 0.391 e. The molecule has 0 saturated heterocycles. The number of hydrogen-bond donors (Lipinski definition) is 2. The molecule has 0 spiro atoms. The van der Waals surface area contributed by atoms with Crippen LogP contribution < -0.4 is 5.32 Å². The van der Waals surface area contributed by atoms with Gasteiger partial charge in [-0.15, -0.1) is 0 Å². The molecule has 0 saturated carbocycles. The molecule has 1 heterocycles. The molecule has 0 radical (unpaired) electrons. The van der Waals surface area contributed by atoms with Gasteiger partial charge in [0.2, 0.25) is 0 Å². The molecule has 120 valence electrons. The average Bonchev–Trinajstić information content (AvgIpc) is 2.74. The van der Waals surface area contributed by atoms with Crippen LogP contribution in [0.1, 0.15) is 56.6 Å². The minimum absolute atomic E-state index is 0.161.